The molecule has 0 aliphatic rings. The van der Waals surface area contributed by atoms with Crippen LogP contribution in [0.5, 0.6) is 5.75 Å². The van der Waals surface area contributed by atoms with Crippen molar-refractivity contribution in [1.82, 2.24) is 4.98 Å². The van der Waals surface area contributed by atoms with Gasteiger partial charge in [-0.05, 0) is 37.1 Å². The van der Waals surface area contributed by atoms with Crippen LogP contribution in [0, 0.1) is 6.92 Å². The van der Waals surface area contributed by atoms with Crippen molar-refractivity contribution in [3.8, 4) is 16.9 Å². The molecule has 1 amide bonds. The Kier molecular flexibility index (Phi) is 4.93. The molecule has 1 N–H and O–H groups in total. The second-order valence-electron chi connectivity index (χ2n) is 4.88. The highest BCUT2D eigenvalue weighted by Crippen LogP contribution is 2.36. The summed E-state index contributed by atoms with van der Waals surface area (Å²) in [5, 5.41) is 2.80. The number of carbonyl (C=O) groups excluding carboxylic acids is 1. The fraction of sp³-hybridized carbons (Fsp3) is 0.294. The largest absolute Gasteiger partial charge is 0.497 e. The molecule has 2 aromatic rings. The number of nitrogens with one attached hydrogen (secondary N) is 1. The van der Waals surface area contributed by atoms with Crippen molar-refractivity contribution in [3.63, 3.8) is 0 Å². The number of methoxy groups -OCH3 is 1. The van der Waals surface area contributed by atoms with Gasteiger partial charge < -0.3 is 10.1 Å². The first-order chi connectivity index (χ1) is 10.2. The number of pyridine rings is 1. The summed E-state index contributed by atoms with van der Waals surface area (Å²) in [7, 11) is 1.64. The third-order valence-electron chi connectivity index (χ3n) is 3.42. The Labute approximate surface area is 125 Å². The number of hydrogen-bond acceptors (Lipinski definition) is 3. The molecule has 0 fully saturated rings. The number of anilines is 1. The van der Waals surface area contributed by atoms with E-state index in [4.69, 9.17) is 4.74 Å². The zero-order valence-electron chi connectivity index (χ0n) is 12.6. The molecule has 0 aliphatic heterocycles. The number of aryl methyl sites for hydroxylation is 2. The van der Waals surface area contributed by atoms with Crippen LogP contribution in [-0.4, -0.2) is 18.5 Å². The molecule has 21 heavy (non-hydrogen) atoms. The van der Waals surface area contributed by atoms with E-state index in [2.05, 4.69) is 17.2 Å². The van der Waals surface area contributed by atoms with Crippen LogP contribution in [0.15, 0.2) is 30.5 Å². The van der Waals surface area contributed by atoms with Gasteiger partial charge in [0.2, 0.25) is 6.41 Å². The average molecular weight is 284 g/mol. The lowest BCUT2D eigenvalue weighted by Crippen LogP contribution is -2.02. The highest BCUT2D eigenvalue weighted by Gasteiger charge is 2.14. The number of ether oxygens (including phenoxy) is 1. The SMILES string of the molecule is CCCc1ncccc1-c1cc(OC)cc(C)c1NC=O. The highest BCUT2D eigenvalue weighted by molar-refractivity contribution is 5.88. The summed E-state index contributed by atoms with van der Waals surface area (Å²) in [5.74, 6) is 0.769. The Bertz CT molecular complexity index is 639. The predicted molar refractivity (Wildman–Crippen MR) is 84.6 cm³/mol. The van der Waals surface area contributed by atoms with E-state index >= 15 is 0 Å². The van der Waals surface area contributed by atoms with Crippen molar-refractivity contribution < 1.29 is 9.53 Å². The van der Waals surface area contributed by atoms with Gasteiger partial charge in [-0.2, -0.15) is 0 Å². The average Bonchev–Trinajstić information content (AvgIpc) is 2.50. The molecule has 0 radical (unpaired) electrons. The molecule has 0 atom stereocenters. The molecule has 1 heterocycles. The van der Waals surface area contributed by atoms with Gasteiger partial charge in [0.15, 0.2) is 0 Å². The third-order valence-corrected chi connectivity index (χ3v) is 3.42. The zero-order valence-corrected chi connectivity index (χ0v) is 12.6. The standard InChI is InChI=1S/C17H20N2O2/c1-4-6-16-14(7-5-8-18-16)15-10-13(21-3)9-12(2)17(15)19-11-20/h5,7-11H,4,6H2,1-3H3,(H,19,20). The van der Waals surface area contributed by atoms with E-state index in [-0.39, 0.29) is 0 Å². The fourth-order valence-electron chi connectivity index (χ4n) is 2.45. The summed E-state index contributed by atoms with van der Waals surface area (Å²) in [6.45, 7) is 4.08. The minimum absolute atomic E-state index is 0.703. The molecule has 1 aromatic heterocycles. The first-order valence-corrected chi connectivity index (χ1v) is 7.04. The van der Waals surface area contributed by atoms with Crippen LogP contribution in [0.3, 0.4) is 0 Å². The van der Waals surface area contributed by atoms with Crippen molar-refractivity contribution in [2.45, 2.75) is 26.7 Å². The quantitative estimate of drug-likeness (QED) is 0.825. The fourth-order valence-corrected chi connectivity index (χ4v) is 2.45. The van der Waals surface area contributed by atoms with Gasteiger partial charge in [0.25, 0.3) is 0 Å². The van der Waals surface area contributed by atoms with Gasteiger partial charge in [-0.25, -0.2) is 0 Å². The van der Waals surface area contributed by atoms with Crippen molar-refractivity contribution >= 4 is 12.1 Å². The van der Waals surface area contributed by atoms with E-state index in [0.29, 0.717) is 6.41 Å². The van der Waals surface area contributed by atoms with E-state index in [1.54, 1.807) is 13.3 Å². The number of aromatic nitrogens is 1. The first kappa shape index (κ1) is 15.0. The molecule has 0 spiro atoms. The van der Waals surface area contributed by atoms with Crippen LogP contribution in [0.4, 0.5) is 5.69 Å². The second kappa shape index (κ2) is 6.88. The van der Waals surface area contributed by atoms with Crippen molar-refractivity contribution in [2.24, 2.45) is 0 Å². The smallest absolute Gasteiger partial charge is 0.211 e. The highest BCUT2D eigenvalue weighted by atomic mass is 16.5. The monoisotopic (exact) mass is 284 g/mol. The minimum Gasteiger partial charge on any atom is -0.497 e. The molecule has 4 heteroatoms. The molecular formula is C17H20N2O2. The first-order valence-electron chi connectivity index (χ1n) is 7.04. The van der Waals surface area contributed by atoms with Crippen molar-refractivity contribution in [3.05, 3.63) is 41.7 Å². The lowest BCUT2D eigenvalue weighted by atomic mass is 9.97. The van der Waals surface area contributed by atoms with Crippen molar-refractivity contribution in [2.75, 3.05) is 12.4 Å². The second-order valence-corrected chi connectivity index (χ2v) is 4.88. The van der Waals surface area contributed by atoms with E-state index in [0.717, 1.165) is 46.7 Å². The molecular weight excluding hydrogens is 264 g/mol. The summed E-state index contributed by atoms with van der Waals surface area (Å²) in [6.07, 6.45) is 4.42. The lowest BCUT2D eigenvalue weighted by molar-refractivity contribution is -0.105. The molecule has 2 rings (SSSR count). The van der Waals surface area contributed by atoms with Gasteiger partial charge in [0.05, 0.1) is 12.8 Å². The van der Waals surface area contributed by atoms with Gasteiger partial charge in [0, 0.05) is 23.0 Å². The van der Waals surface area contributed by atoms with Crippen LogP contribution in [0.25, 0.3) is 11.1 Å². The lowest BCUT2D eigenvalue weighted by Gasteiger charge is -2.16. The normalized spacial score (nSPS) is 10.2. The van der Waals surface area contributed by atoms with E-state index in [1.165, 1.54) is 0 Å². The molecule has 0 bridgehead atoms. The van der Waals surface area contributed by atoms with Crippen LogP contribution in [0.2, 0.25) is 0 Å². The summed E-state index contributed by atoms with van der Waals surface area (Å²) in [6, 6.07) is 7.79. The number of rotatable bonds is 6. The molecule has 1 aromatic carbocycles. The Hall–Kier alpha value is -2.36. The number of benzene rings is 1. The van der Waals surface area contributed by atoms with E-state index in [9.17, 15) is 4.79 Å². The summed E-state index contributed by atoms with van der Waals surface area (Å²) < 4.78 is 5.35. The number of nitrogens with zero attached hydrogens (tertiary/aromatic N) is 1. The van der Waals surface area contributed by atoms with Gasteiger partial charge >= 0.3 is 0 Å². The molecule has 4 nitrogen and oxygen atoms in total. The summed E-state index contributed by atoms with van der Waals surface area (Å²) >= 11 is 0. The Balaban J connectivity index is 2.66. The molecule has 0 saturated heterocycles. The Morgan fingerprint density at radius 2 is 2.14 bits per heavy atom. The maximum absolute atomic E-state index is 10.9. The molecule has 0 unspecified atom stereocenters. The van der Waals surface area contributed by atoms with Crippen LogP contribution in [0.1, 0.15) is 24.6 Å². The Morgan fingerprint density at radius 1 is 1.33 bits per heavy atom. The zero-order chi connectivity index (χ0) is 15.2. The Morgan fingerprint density at radius 3 is 2.81 bits per heavy atom. The summed E-state index contributed by atoms with van der Waals surface area (Å²) in [5.41, 5.74) is 4.77. The topological polar surface area (TPSA) is 51.2 Å². The number of carbonyl (C=O) groups is 1. The molecule has 0 aliphatic carbocycles. The van der Waals surface area contributed by atoms with Gasteiger partial charge in [-0.15, -0.1) is 0 Å². The van der Waals surface area contributed by atoms with E-state index < -0.39 is 0 Å². The van der Waals surface area contributed by atoms with Crippen LogP contribution in [-0.2, 0) is 11.2 Å². The van der Waals surface area contributed by atoms with Gasteiger partial charge in [-0.1, -0.05) is 19.4 Å². The molecule has 0 saturated carbocycles. The third kappa shape index (κ3) is 3.21. The predicted octanol–water partition coefficient (Wildman–Crippen LogP) is 3.59. The summed E-state index contributed by atoms with van der Waals surface area (Å²) in [4.78, 5) is 15.4. The maximum atomic E-state index is 10.9. The van der Waals surface area contributed by atoms with E-state index in [1.807, 2.05) is 31.2 Å². The van der Waals surface area contributed by atoms with Crippen LogP contribution >= 0.6 is 0 Å². The minimum atomic E-state index is 0.703. The molecule has 110 valence electrons. The van der Waals surface area contributed by atoms with Gasteiger partial charge in [0.1, 0.15) is 5.75 Å². The number of hydrogen-bond donors (Lipinski definition) is 1. The van der Waals surface area contributed by atoms with Crippen molar-refractivity contribution in [1.29, 1.82) is 0 Å². The maximum Gasteiger partial charge on any atom is 0.211 e. The van der Waals surface area contributed by atoms with Crippen LogP contribution < -0.4 is 10.1 Å². The number of amides is 1. The van der Waals surface area contributed by atoms with Gasteiger partial charge in [-0.3, -0.25) is 9.78 Å².